The van der Waals surface area contributed by atoms with Gasteiger partial charge < -0.3 is 5.11 Å². The molecule has 2 heterocycles. The molecule has 0 aliphatic rings. The van der Waals surface area contributed by atoms with Gasteiger partial charge in [-0.25, -0.2) is 0 Å². The Balaban J connectivity index is 2.05. The number of nitrogens with zero attached hydrogens (tertiary/aromatic N) is 4. The highest BCUT2D eigenvalue weighted by Crippen LogP contribution is 2.19. The van der Waals surface area contributed by atoms with Crippen molar-refractivity contribution in [1.82, 2.24) is 20.0 Å². The third kappa shape index (κ3) is 1.97. The molecule has 0 saturated carbocycles. The van der Waals surface area contributed by atoms with Gasteiger partial charge in [-0.15, -0.1) is 16.4 Å². The highest BCUT2D eigenvalue weighted by atomic mass is 32.1. The lowest BCUT2D eigenvalue weighted by Crippen LogP contribution is -1.99. The molecule has 0 saturated heterocycles. The van der Waals surface area contributed by atoms with Crippen LogP contribution in [0.15, 0.2) is 17.9 Å². The second-order valence-corrected chi connectivity index (χ2v) is 3.93. The lowest BCUT2D eigenvalue weighted by atomic mass is 10.2. The molecule has 1 unspecified atom stereocenters. The zero-order valence-corrected chi connectivity index (χ0v) is 8.48. The van der Waals surface area contributed by atoms with E-state index in [1.54, 1.807) is 29.6 Å². The maximum atomic E-state index is 9.77. The molecule has 14 heavy (non-hydrogen) atoms. The number of hydrogen-bond acceptors (Lipinski definition) is 5. The Morgan fingerprint density at radius 2 is 2.50 bits per heavy atom. The van der Waals surface area contributed by atoms with E-state index in [0.717, 1.165) is 10.6 Å². The zero-order chi connectivity index (χ0) is 9.97. The monoisotopic (exact) mass is 210 g/mol. The SMILES string of the molecule is Cn1cc(CC(O)c2cncs2)nn1. The van der Waals surface area contributed by atoms with Crippen LogP contribution in [0.4, 0.5) is 0 Å². The molecule has 6 heteroatoms. The van der Waals surface area contributed by atoms with Crippen molar-refractivity contribution in [2.45, 2.75) is 12.5 Å². The van der Waals surface area contributed by atoms with Crippen molar-refractivity contribution >= 4 is 11.3 Å². The van der Waals surface area contributed by atoms with Gasteiger partial charge in [0.2, 0.25) is 0 Å². The van der Waals surface area contributed by atoms with Crippen molar-refractivity contribution in [3.8, 4) is 0 Å². The van der Waals surface area contributed by atoms with Crippen molar-refractivity contribution in [3.63, 3.8) is 0 Å². The second-order valence-electron chi connectivity index (χ2n) is 3.01. The molecule has 2 aromatic heterocycles. The Morgan fingerprint density at radius 1 is 1.64 bits per heavy atom. The largest absolute Gasteiger partial charge is 0.387 e. The van der Waals surface area contributed by atoms with Gasteiger partial charge in [0.1, 0.15) is 0 Å². The maximum Gasteiger partial charge on any atom is 0.0954 e. The van der Waals surface area contributed by atoms with Crippen LogP contribution in [0.3, 0.4) is 0 Å². The van der Waals surface area contributed by atoms with E-state index in [1.165, 1.54) is 11.3 Å². The molecule has 0 aliphatic carbocycles. The first-order valence-electron chi connectivity index (χ1n) is 4.17. The smallest absolute Gasteiger partial charge is 0.0954 e. The Kier molecular flexibility index (Phi) is 2.55. The average Bonchev–Trinajstić information content (AvgIpc) is 2.75. The van der Waals surface area contributed by atoms with E-state index in [-0.39, 0.29) is 0 Å². The molecule has 5 nitrogen and oxygen atoms in total. The Bertz CT molecular complexity index is 397. The van der Waals surface area contributed by atoms with Crippen molar-refractivity contribution in [3.05, 3.63) is 28.5 Å². The number of aryl methyl sites for hydroxylation is 1. The lowest BCUT2D eigenvalue weighted by Gasteiger charge is -2.03. The van der Waals surface area contributed by atoms with Gasteiger partial charge in [-0.1, -0.05) is 5.21 Å². The highest BCUT2D eigenvalue weighted by Gasteiger charge is 2.11. The average molecular weight is 210 g/mol. The van der Waals surface area contributed by atoms with E-state index in [9.17, 15) is 5.11 Å². The first kappa shape index (κ1) is 9.29. The number of rotatable bonds is 3. The third-order valence-electron chi connectivity index (χ3n) is 1.83. The molecular weight excluding hydrogens is 200 g/mol. The van der Waals surface area contributed by atoms with Crippen LogP contribution in [-0.4, -0.2) is 25.1 Å². The van der Waals surface area contributed by atoms with Gasteiger partial charge in [-0.05, 0) is 0 Å². The Hall–Kier alpha value is -1.27. The van der Waals surface area contributed by atoms with E-state index in [4.69, 9.17) is 0 Å². The number of hydrogen-bond donors (Lipinski definition) is 1. The zero-order valence-electron chi connectivity index (χ0n) is 7.66. The predicted molar refractivity (Wildman–Crippen MR) is 51.8 cm³/mol. The minimum Gasteiger partial charge on any atom is -0.387 e. The minimum atomic E-state index is -0.529. The number of aromatic nitrogens is 4. The molecule has 0 aliphatic heterocycles. The highest BCUT2D eigenvalue weighted by molar-refractivity contribution is 7.09. The summed E-state index contributed by atoms with van der Waals surface area (Å²) in [4.78, 5) is 4.76. The van der Waals surface area contributed by atoms with Crippen LogP contribution >= 0.6 is 11.3 Å². The first-order chi connectivity index (χ1) is 6.75. The minimum absolute atomic E-state index is 0.482. The predicted octanol–water partition coefficient (Wildman–Crippen LogP) is 0.548. The lowest BCUT2D eigenvalue weighted by molar-refractivity contribution is 0.181. The number of thiazole rings is 1. The van der Waals surface area contributed by atoms with Crippen LogP contribution in [0.5, 0.6) is 0 Å². The topological polar surface area (TPSA) is 63.8 Å². The molecule has 74 valence electrons. The van der Waals surface area contributed by atoms with Gasteiger partial charge >= 0.3 is 0 Å². The summed E-state index contributed by atoms with van der Waals surface area (Å²) in [5.41, 5.74) is 2.49. The summed E-state index contributed by atoms with van der Waals surface area (Å²) in [6.07, 6.45) is 3.42. The summed E-state index contributed by atoms with van der Waals surface area (Å²) in [6, 6.07) is 0. The van der Waals surface area contributed by atoms with E-state index in [2.05, 4.69) is 15.3 Å². The van der Waals surface area contributed by atoms with Crippen LogP contribution in [0, 0.1) is 0 Å². The van der Waals surface area contributed by atoms with Gasteiger partial charge in [0.05, 0.1) is 22.2 Å². The van der Waals surface area contributed by atoms with Crippen molar-refractivity contribution < 1.29 is 5.11 Å². The summed E-state index contributed by atoms with van der Waals surface area (Å²) >= 11 is 1.44. The van der Waals surface area contributed by atoms with Gasteiger partial charge in [-0.3, -0.25) is 9.67 Å². The molecular formula is C8H10N4OS. The molecule has 2 aromatic rings. The van der Waals surface area contributed by atoms with Crippen LogP contribution in [0.25, 0.3) is 0 Å². The van der Waals surface area contributed by atoms with Crippen LogP contribution in [-0.2, 0) is 13.5 Å². The van der Waals surface area contributed by atoms with E-state index >= 15 is 0 Å². The molecule has 0 bridgehead atoms. The molecule has 0 fully saturated rings. The molecule has 0 spiro atoms. The van der Waals surface area contributed by atoms with Crippen LogP contribution in [0.2, 0.25) is 0 Å². The van der Waals surface area contributed by atoms with Crippen molar-refractivity contribution in [2.75, 3.05) is 0 Å². The molecule has 1 N–H and O–H groups in total. The Morgan fingerprint density at radius 3 is 3.07 bits per heavy atom. The first-order valence-corrected chi connectivity index (χ1v) is 5.05. The standard InChI is InChI=1S/C8H10N4OS/c1-12-4-6(10-11-12)2-7(13)8-3-9-5-14-8/h3-5,7,13H,2H2,1H3. The van der Waals surface area contributed by atoms with E-state index in [0.29, 0.717) is 6.42 Å². The van der Waals surface area contributed by atoms with E-state index < -0.39 is 6.10 Å². The third-order valence-corrected chi connectivity index (χ3v) is 2.71. The number of aliphatic hydroxyl groups excluding tert-OH is 1. The van der Waals surface area contributed by atoms with Gasteiger partial charge in [0.15, 0.2) is 0 Å². The summed E-state index contributed by atoms with van der Waals surface area (Å²) < 4.78 is 1.62. The van der Waals surface area contributed by atoms with Crippen LogP contribution < -0.4 is 0 Å². The van der Waals surface area contributed by atoms with Gasteiger partial charge in [-0.2, -0.15) is 0 Å². The molecule has 0 amide bonds. The number of aliphatic hydroxyl groups is 1. The quantitative estimate of drug-likeness (QED) is 0.803. The van der Waals surface area contributed by atoms with Crippen LogP contribution in [0.1, 0.15) is 16.7 Å². The van der Waals surface area contributed by atoms with Crippen molar-refractivity contribution in [1.29, 1.82) is 0 Å². The van der Waals surface area contributed by atoms with Crippen molar-refractivity contribution in [2.24, 2.45) is 7.05 Å². The second kappa shape index (κ2) is 3.85. The van der Waals surface area contributed by atoms with E-state index in [1.807, 2.05) is 0 Å². The summed E-state index contributed by atoms with van der Waals surface area (Å²) in [7, 11) is 1.80. The summed E-state index contributed by atoms with van der Waals surface area (Å²) in [6.45, 7) is 0. The summed E-state index contributed by atoms with van der Waals surface area (Å²) in [5, 5.41) is 17.5. The molecule has 1 atom stereocenters. The normalized spacial score (nSPS) is 13.0. The maximum absolute atomic E-state index is 9.77. The summed E-state index contributed by atoms with van der Waals surface area (Å²) in [5.74, 6) is 0. The fourth-order valence-corrected chi connectivity index (χ4v) is 1.78. The molecule has 0 radical (unpaired) electrons. The fourth-order valence-electron chi connectivity index (χ4n) is 1.18. The Labute approximate surface area is 85.0 Å². The van der Waals surface area contributed by atoms with Gasteiger partial charge in [0, 0.05) is 25.9 Å². The fraction of sp³-hybridized carbons (Fsp3) is 0.375. The van der Waals surface area contributed by atoms with Gasteiger partial charge in [0.25, 0.3) is 0 Å². The molecule has 2 rings (SSSR count). The molecule has 0 aromatic carbocycles.